The number of fused-ring (bicyclic) bond motifs is 3. The molecule has 2 N–H and O–H groups in total. The number of hydrogen-bond donors (Lipinski definition) is 2. The quantitative estimate of drug-likeness (QED) is 0.196. The molecule has 2 aromatic carbocycles. The SMILES string of the molecule is Cc1ccc(S(=O)(=O)OC[C@@H](O)C[C@H]2c3[nH]c4ccc(Cl)cc4c3CCN2c2nc(C(F)(F)F)nc(C(F)(F)F)n2)cc1. The van der Waals surface area contributed by atoms with Gasteiger partial charge in [-0.1, -0.05) is 29.3 Å². The van der Waals surface area contributed by atoms with Gasteiger partial charge in [0.05, 0.1) is 23.6 Å². The van der Waals surface area contributed by atoms with E-state index < -0.39 is 58.8 Å². The molecule has 0 unspecified atom stereocenters. The van der Waals surface area contributed by atoms with Crippen LogP contribution in [0.2, 0.25) is 5.02 Å². The molecule has 1 aliphatic heterocycles. The third-order valence-corrected chi connectivity index (χ3v) is 8.35. The van der Waals surface area contributed by atoms with Gasteiger partial charge in [0.2, 0.25) is 17.6 Å². The van der Waals surface area contributed by atoms with Crippen molar-refractivity contribution in [3.63, 3.8) is 0 Å². The van der Waals surface area contributed by atoms with Gasteiger partial charge in [-0.2, -0.15) is 44.7 Å². The van der Waals surface area contributed by atoms with Crippen LogP contribution in [-0.4, -0.2) is 52.7 Å². The number of anilines is 1. The Kier molecular flexibility index (Phi) is 8.09. The van der Waals surface area contributed by atoms with Crippen molar-refractivity contribution in [1.82, 2.24) is 19.9 Å². The maximum Gasteiger partial charge on any atom is 0.451 e. The van der Waals surface area contributed by atoms with Crippen LogP contribution in [0.4, 0.5) is 32.3 Å². The summed E-state index contributed by atoms with van der Waals surface area (Å²) in [7, 11) is -4.29. The van der Waals surface area contributed by atoms with E-state index in [1.165, 1.54) is 12.1 Å². The fourth-order valence-electron chi connectivity index (χ4n) is 4.84. The number of aromatic amines is 1. The average Bonchev–Trinajstić information content (AvgIpc) is 3.29. The van der Waals surface area contributed by atoms with Gasteiger partial charge >= 0.3 is 12.4 Å². The molecular formula is C26H22ClF6N5O4S. The number of alkyl halides is 6. The molecule has 1 aliphatic rings. The molecule has 0 radical (unpaired) electrons. The lowest BCUT2D eigenvalue weighted by molar-refractivity contribution is -0.155. The van der Waals surface area contributed by atoms with Gasteiger partial charge in [0.1, 0.15) is 0 Å². The van der Waals surface area contributed by atoms with E-state index in [1.807, 2.05) is 0 Å². The number of aromatic nitrogens is 4. The lowest BCUT2D eigenvalue weighted by atomic mass is 9.94. The Morgan fingerprint density at radius 2 is 1.67 bits per heavy atom. The molecule has 0 saturated carbocycles. The number of nitrogens with one attached hydrogen (secondary N) is 1. The third kappa shape index (κ3) is 6.56. The van der Waals surface area contributed by atoms with E-state index in [2.05, 4.69) is 19.9 Å². The maximum absolute atomic E-state index is 13.5. The molecule has 9 nitrogen and oxygen atoms in total. The number of benzene rings is 2. The van der Waals surface area contributed by atoms with Crippen LogP contribution in [0.5, 0.6) is 0 Å². The molecule has 43 heavy (non-hydrogen) atoms. The van der Waals surface area contributed by atoms with Gasteiger partial charge < -0.3 is 15.0 Å². The van der Waals surface area contributed by atoms with E-state index in [0.29, 0.717) is 27.2 Å². The van der Waals surface area contributed by atoms with Crippen molar-refractivity contribution in [3.05, 3.63) is 76.0 Å². The number of rotatable bonds is 7. The minimum Gasteiger partial charge on any atom is -0.391 e. The van der Waals surface area contributed by atoms with Crippen LogP contribution in [0.15, 0.2) is 47.4 Å². The summed E-state index contributed by atoms with van der Waals surface area (Å²) in [5, 5.41) is 11.9. The highest BCUT2D eigenvalue weighted by Crippen LogP contribution is 2.41. The highest BCUT2D eigenvalue weighted by atomic mass is 35.5. The first-order valence-corrected chi connectivity index (χ1v) is 14.4. The van der Waals surface area contributed by atoms with Crippen LogP contribution in [0, 0.1) is 6.92 Å². The lowest BCUT2D eigenvalue weighted by Gasteiger charge is -2.37. The Bertz CT molecular complexity index is 1730. The molecule has 0 aliphatic carbocycles. The second-order valence-electron chi connectivity index (χ2n) is 9.89. The molecule has 3 heterocycles. The van der Waals surface area contributed by atoms with Gasteiger partial charge in [0.15, 0.2) is 0 Å². The standard InChI is InChI=1S/C26H22ClF6N5O4S/c1-13-2-5-16(6-3-13)43(40,41)42-12-15(39)11-20-21-17(18-10-14(27)4-7-19(18)34-21)8-9-38(20)24-36-22(25(28,29)30)35-23(37-24)26(31,32)33/h2-7,10,15,20,34,39H,8-9,11-12H2,1H3/t15-,20-/m0/s1. The number of aryl methyl sites for hydroxylation is 1. The van der Waals surface area contributed by atoms with Crippen LogP contribution in [0.1, 0.15) is 40.9 Å². The minimum atomic E-state index is -5.32. The van der Waals surface area contributed by atoms with E-state index in [-0.39, 0.29) is 24.3 Å². The summed E-state index contributed by atoms with van der Waals surface area (Å²) in [6.45, 7) is 0.858. The van der Waals surface area contributed by atoms with Gasteiger partial charge in [-0.25, -0.2) is 4.98 Å². The molecule has 0 spiro atoms. The van der Waals surface area contributed by atoms with Crippen LogP contribution in [0.25, 0.3) is 10.9 Å². The Labute approximate surface area is 245 Å². The first-order chi connectivity index (χ1) is 20.0. The maximum atomic E-state index is 13.5. The molecule has 2 atom stereocenters. The second kappa shape index (κ2) is 11.2. The topological polar surface area (TPSA) is 121 Å². The van der Waals surface area contributed by atoms with Crippen molar-refractivity contribution >= 4 is 38.6 Å². The van der Waals surface area contributed by atoms with Crippen molar-refractivity contribution in [1.29, 1.82) is 0 Å². The molecule has 4 aromatic rings. The van der Waals surface area contributed by atoms with E-state index in [0.717, 1.165) is 10.5 Å². The monoisotopic (exact) mass is 649 g/mol. The van der Waals surface area contributed by atoms with Crippen molar-refractivity contribution in [3.8, 4) is 0 Å². The first kappa shape index (κ1) is 31.0. The molecule has 5 rings (SSSR count). The molecule has 230 valence electrons. The molecule has 0 saturated heterocycles. The first-order valence-electron chi connectivity index (χ1n) is 12.6. The summed E-state index contributed by atoms with van der Waals surface area (Å²) >= 11 is 6.15. The van der Waals surface area contributed by atoms with Gasteiger partial charge in [0.25, 0.3) is 10.1 Å². The Balaban J connectivity index is 1.52. The third-order valence-electron chi connectivity index (χ3n) is 6.82. The Hall–Kier alpha value is -3.47. The van der Waals surface area contributed by atoms with Gasteiger partial charge in [-0.15, -0.1) is 0 Å². The number of hydrogen-bond acceptors (Lipinski definition) is 8. The van der Waals surface area contributed by atoms with Crippen LogP contribution in [0.3, 0.4) is 0 Å². The van der Waals surface area contributed by atoms with Crippen LogP contribution in [-0.2, 0) is 33.1 Å². The fourth-order valence-corrected chi connectivity index (χ4v) is 5.95. The molecular weight excluding hydrogens is 628 g/mol. The summed E-state index contributed by atoms with van der Waals surface area (Å²) in [6, 6.07) is 9.51. The molecule has 0 bridgehead atoms. The summed E-state index contributed by atoms with van der Waals surface area (Å²) in [5.74, 6) is -4.99. The average molecular weight is 650 g/mol. The van der Waals surface area contributed by atoms with E-state index in [4.69, 9.17) is 15.8 Å². The van der Waals surface area contributed by atoms with Crippen molar-refractivity contribution in [2.24, 2.45) is 0 Å². The van der Waals surface area contributed by atoms with Crippen molar-refractivity contribution < 1.29 is 44.0 Å². The second-order valence-corrected chi connectivity index (χ2v) is 11.9. The number of aliphatic hydroxyl groups is 1. The summed E-state index contributed by atoms with van der Waals surface area (Å²) in [5.41, 5.74) is 2.40. The number of H-pyrrole nitrogens is 1. The summed E-state index contributed by atoms with van der Waals surface area (Å²) < 4.78 is 111. The molecule has 0 amide bonds. The van der Waals surface area contributed by atoms with Gasteiger partial charge in [-0.05, 0) is 49.2 Å². The van der Waals surface area contributed by atoms with Gasteiger partial charge in [-0.3, -0.25) is 4.18 Å². The van der Waals surface area contributed by atoms with Crippen molar-refractivity contribution in [2.45, 2.75) is 49.2 Å². The normalized spacial score (nSPS) is 16.9. The predicted octanol–water partition coefficient (Wildman–Crippen LogP) is 5.61. The predicted molar refractivity (Wildman–Crippen MR) is 142 cm³/mol. The van der Waals surface area contributed by atoms with Crippen molar-refractivity contribution in [2.75, 3.05) is 18.1 Å². The highest BCUT2D eigenvalue weighted by molar-refractivity contribution is 7.86. The summed E-state index contributed by atoms with van der Waals surface area (Å²) in [6.07, 6.45) is -12.4. The number of aliphatic hydroxyl groups excluding tert-OH is 1. The zero-order valence-electron chi connectivity index (χ0n) is 22.0. The lowest BCUT2D eigenvalue weighted by Crippen LogP contribution is -2.40. The van der Waals surface area contributed by atoms with Crippen LogP contribution >= 0.6 is 11.6 Å². The van der Waals surface area contributed by atoms with E-state index >= 15 is 0 Å². The smallest absolute Gasteiger partial charge is 0.391 e. The zero-order valence-corrected chi connectivity index (χ0v) is 23.6. The van der Waals surface area contributed by atoms with E-state index in [1.54, 1.807) is 37.3 Å². The Morgan fingerprint density at radius 1 is 1.05 bits per heavy atom. The molecule has 17 heteroatoms. The minimum absolute atomic E-state index is 0.148. The van der Waals surface area contributed by atoms with E-state index in [9.17, 15) is 39.9 Å². The number of nitrogens with zero attached hydrogens (tertiary/aromatic N) is 4. The Morgan fingerprint density at radius 3 is 2.28 bits per heavy atom. The van der Waals surface area contributed by atoms with Crippen LogP contribution < -0.4 is 4.90 Å². The fraction of sp³-hybridized carbons (Fsp3) is 0.346. The number of halogens is 7. The molecule has 2 aromatic heterocycles. The zero-order chi connectivity index (χ0) is 31.3. The highest BCUT2D eigenvalue weighted by Gasteiger charge is 2.43. The summed E-state index contributed by atoms with van der Waals surface area (Å²) in [4.78, 5) is 13.2. The molecule has 0 fully saturated rings. The largest absolute Gasteiger partial charge is 0.451 e. The van der Waals surface area contributed by atoms with Gasteiger partial charge in [0, 0.05) is 34.6 Å².